The molecule has 0 radical (unpaired) electrons. The van der Waals surface area contributed by atoms with E-state index in [1.165, 1.54) is 6.07 Å². The first kappa shape index (κ1) is 17.8. The van der Waals surface area contributed by atoms with Gasteiger partial charge in [-0.1, -0.05) is 31.9 Å². The minimum atomic E-state index is -0.249. The average molecular weight is 444 g/mol. The number of benzene rings is 2. The van der Waals surface area contributed by atoms with Crippen molar-refractivity contribution in [1.29, 1.82) is 0 Å². The van der Waals surface area contributed by atoms with Crippen LogP contribution in [-0.4, -0.2) is 34.8 Å². The predicted octanol–water partition coefficient (Wildman–Crippen LogP) is 4.17. The maximum atomic E-state index is 12.5. The van der Waals surface area contributed by atoms with Crippen molar-refractivity contribution < 1.29 is 19.4 Å². The number of alkyl halides is 2. The second-order valence-corrected chi connectivity index (χ2v) is 6.19. The van der Waals surface area contributed by atoms with Gasteiger partial charge in [0.1, 0.15) is 17.2 Å². The SMILES string of the molecule is O=C(c1ccc(OCCBr)cc1)c1ccc(OCCBr)cc1O. The number of ether oxygens (including phenoxy) is 2. The largest absolute Gasteiger partial charge is 0.507 e. The standard InChI is InChI=1S/C17H16Br2O4/c18-7-9-22-13-3-1-12(2-4-13)17(21)15-6-5-14(11-16(15)20)23-10-8-19/h1-6,11,20H,7-10H2. The van der Waals surface area contributed by atoms with Crippen LogP contribution in [0.5, 0.6) is 17.2 Å². The highest BCUT2D eigenvalue weighted by atomic mass is 79.9. The Morgan fingerprint density at radius 2 is 1.48 bits per heavy atom. The highest BCUT2D eigenvalue weighted by molar-refractivity contribution is 9.09. The van der Waals surface area contributed by atoms with Crippen molar-refractivity contribution in [1.82, 2.24) is 0 Å². The molecule has 0 aliphatic rings. The molecule has 4 nitrogen and oxygen atoms in total. The summed E-state index contributed by atoms with van der Waals surface area (Å²) in [5, 5.41) is 11.5. The molecule has 0 unspecified atom stereocenters. The third kappa shape index (κ3) is 4.97. The van der Waals surface area contributed by atoms with Crippen LogP contribution in [0.4, 0.5) is 0 Å². The molecule has 122 valence electrons. The van der Waals surface area contributed by atoms with Crippen LogP contribution < -0.4 is 9.47 Å². The first-order valence-corrected chi connectivity index (χ1v) is 9.25. The molecule has 2 aromatic carbocycles. The van der Waals surface area contributed by atoms with Gasteiger partial charge in [-0.2, -0.15) is 0 Å². The van der Waals surface area contributed by atoms with Gasteiger partial charge in [-0.25, -0.2) is 0 Å². The summed E-state index contributed by atoms with van der Waals surface area (Å²) in [7, 11) is 0. The lowest BCUT2D eigenvalue weighted by Gasteiger charge is -2.09. The maximum absolute atomic E-state index is 12.5. The Hall–Kier alpha value is -1.53. The first-order valence-electron chi connectivity index (χ1n) is 7.01. The van der Waals surface area contributed by atoms with Gasteiger partial charge in [0.05, 0.1) is 18.8 Å². The van der Waals surface area contributed by atoms with Crippen LogP contribution in [0.15, 0.2) is 42.5 Å². The van der Waals surface area contributed by atoms with Crippen LogP contribution in [0, 0.1) is 0 Å². The molecular formula is C17H16Br2O4. The minimum absolute atomic E-state index is 0.0957. The van der Waals surface area contributed by atoms with Gasteiger partial charge in [0.2, 0.25) is 0 Å². The van der Waals surface area contributed by atoms with Gasteiger partial charge in [0.15, 0.2) is 5.78 Å². The van der Waals surface area contributed by atoms with Crippen molar-refractivity contribution in [3.8, 4) is 17.2 Å². The number of hydrogen-bond donors (Lipinski definition) is 1. The Labute approximate surface area is 151 Å². The van der Waals surface area contributed by atoms with Crippen molar-refractivity contribution in [2.45, 2.75) is 0 Å². The molecule has 0 amide bonds. The van der Waals surface area contributed by atoms with E-state index in [1.807, 2.05) is 0 Å². The zero-order valence-corrected chi connectivity index (χ0v) is 15.5. The molecule has 0 saturated carbocycles. The van der Waals surface area contributed by atoms with E-state index in [-0.39, 0.29) is 17.1 Å². The van der Waals surface area contributed by atoms with E-state index in [0.29, 0.717) is 35.6 Å². The lowest BCUT2D eigenvalue weighted by Crippen LogP contribution is -2.03. The lowest BCUT2D eigenvalue weighted by molar-refractivity contribution is 0.103. The van der Waals surface area contributed by atoms with E-state index < -0.39 is 0 Å². The van der Waals surface area contributed by atoms with E-state index in [2.05, 4.69) is 31.9 Å². The Bertz CT molecular complexity index is 656. The Morgan fingerprint density at radius 1 is 0.913 bits per heavy atom. The predicted molar refractivity (Wildman–Crippen MR) is 96.6 cm³/mol. The topological polar surface area (TPSA) is 55.8 Å². The van der Waals surface area contributed by atoms with E-state index in [1.54, 1.807) is 36.4 Å². The summed E-state index contributed by atoms with van der Waals surface area (Å²) in [5.74, 6) is 0.879. The van der Waals surface area contributed by atoms with Crippen LogP contribution in [0.1, 0.15) is 15.9 Å². The summed E-state index contributed by atoms with van der Waals surface area (Å²) < 4.78 is 10.8. The number of rotatable bonds is 8. The summed E-state index contributed by atoms with van der Waals surface area (Å²) in [4.78, 5) is 12.5. The molecule has 0 spiro atoms. The molecule has 6 heteroatoms. The normalized spacial score (nSPS) is 10.3. The zero-order chi connectivity index (χ0) is 16.7. The number of hydrogen-bond acceptors (Lipinski definition) is 4. The lowest BCUT2D eigenvalue weighted by atomic mass is 10.0. The van der Waals surface area contributed by atoms with Gasteiger partial charge in [0.25, 0.3) is 0 Å². The first-order chi connectivity index (χ1) is 11.2. The number of phenolic OH excluding ortho intramolecular Hbond substituents is 1. The van der Waals surface area contributed by atoms with E-state index >= 15 is 0 Å². The molecule has 0 aliphatic carbocycles. The summed E-state index contributed by atoms with van der Waals surface area (Å²) in [6.07, 6.45) is 0. The minimum Gasteiger partial charge on any atom is -0.507 e. The van der Waals surface area contributed by atoms with Crippen LogP contribution in [0.2, 0.25) is 0 Å². The van der Waals surface area contributed by atoms with E-state index in [9.17, 15) is 9.90 Å². The Kier molecular flexibility index (Phi) is 6.92. The second-order valence-electron chi connectivity index (χ2n) is 4.61. The fourth-order valence-electron chi connectivity index (χ4n) is 1.96. The van der Waals surface area contributed by atoms with Gasteiger partial charge < -0.3 is 14.6 Å². The van der Waals surface area contributed by atoms with Crippen molar-refractivity contribution in [3.05, 3.63) is 53.6 Å². The van der Waals surface area contributed by atoms with Gasteiger partial charge in [-0.05, 0) is 36.4 Å². The van der Waals surface area contributed by atoms with Crippen LogP contribution in [0.25, 0.3) is 0 Å². The number of carbonyl (C=O) groups is 1. The van der Waals surface area contributed by atoms with Crippen LogP contribution in [0.3, 0.4) is 0 Å². The molecule has 0 aromatic heterocycles. The molecule has 0 bridgehead atoms. The van der Waals surface area contributed by atoms with Gasteiger partial charge in [0, 0.05) is 22.3 Å². The fraction of sp³-hybridized carbons (Fsp3) is 0.235. The molecule has 2 rings (SSSR count). The Morgan fingerprint density at radius 3 is 2.04 bits per heavy atom. The van der Waals surface area contributed by atoms with Crippen molar-refractivity contribution >= 4 is 37.6 Å². The summed E-state index contributed by atoms with van der Waals surface area (Å²) >= 11 is 6.55. The maximum Gasteiger partial charge on any atom is 0.196 e. The second kappa shape index (κ2) is 8.93. The molecule has 23 heavy (non-hydrogen) atoms. The highest BCUT2D eigenvalue weighted by Crippen LogP contribution is 2.26. The van der Waals surface area contributed by atoms with Gasteiger partial charge in [-0.15, -0.1) is 0 Å². The number of aromatic hydroxyl groups is 1. The van der Waals surface area contributed by atoms with Crippen molar-refractivity contribution in [3.63, 3.8) is 0 Å². The fourth-order valence-corrected chi connectivity index (χ4v) is 2.29. The zero-order valence-electron chi connectivity index (χ0n) is 12.3. The molecular weight excluding hydrogens is 428 g/mol. The molecule has 2 aromatic rings. The van der Waals surface area contributed by atoms with Crippen LogP contribution >= 0.6 is 31.9 Å². The quantitative estimate of drug-likeness (QED) is 0.491. The van der Waals surface area contributed by atoms with Gasteiger partial charge in [-0.3, -0.25) is 4.79 Å². The Balaban J connectivity index is 2.13. The van der Waals surface area contributed by atoms with Crippen LogP contribution in [-0.2, 0) is 0 Å². The van der Waals surface area contributed by atoms with E-state index in [4.69, 9.17) is 9.47 Å². The number of carbonyl (C=O) groups excluding carboxylic acids is 1. The molecule has 1 N–H and O–H groups in total. The number of phenols is 1. The molecule has 0 saturated heterocycles. The highest BCUT2D eigenvalue weighted by Gasteiger charge is 2.14. The summed E-state index contributed by atoms with van der Waals surface area (Å²) in [6.45, 7) is 1.05. The molecule has 0 atom stereocenters. The number of halogens is 2. The van der Waals surface area contributed by atoms with Crippen molar-refractivity contribution in [2.24, 2.45) is 0 Å². The van der Waals surface area contributed by atoms with E-state index in [0.717, 1.165) is 5.33 Å². The molecule has 0 fully saturated rings. The number of ketones is 1. The average Bonchev–Trinajstić information content (AvgIpc) is 2.58. The van der Waals surface area contributed by atoms with Crippen molar-refractivity contribution in [2.75, 3.05) is 23.9 Å². The van der Waals surface area contributed by atoms with Gasteiger partial charge >= 0.3 is 0 Å². The monoisotopic (exact) mass is 442 g/mol. The summed E-state index contributed by atoms with van der Waals surface area (Å²) in [5.41, 5.74) is 0.728. The molecule has 0 heterocycles. The third-order valence-electron chi connectivity index (χ3n) is 3.02. The third-order valence-corrected chi connectivity index (χ3v) is 3.67. The molecule has 0 aliphatic heterocycles. The summed E-state index contributed by atoms with van der Waals surface area (Å²) in [6, 6.07) is 11.5. The smallest absolute Gasteiger partial charge is 0.196 e.